The molecule has 0 saturated heterocycles. The zero-order valence-electron chi connectivity index (χ0n) is 8.21. The monoisotopic (exact) mass is 245 g/mol. The van der Waals surface area contributed by atoms with Gasteiger partial charge in [0.15, 0.2) is 6.29 Å². The van der Waals surface area contributed by atoms with Gasteiger partial charge >= 0.3 is 0 Å². The third-order valence-electron chi connectivity index (χ3n) is 2.35. The second kappa shape index (κ2) is 3.81. The summed E-state index contributed by atoms with van der Waals surface area (Å²) in [6, 6.07) is 8.23. The van der Waals surface area contributed by atoms with E-state index in [0.717, 1.165) is 16.9 Å². The Morgan fingerprint density at radius 2 is 2.12 bits per heavy atom. The maximum Gasteiger partial charge on any atom is 0.161 e. The Balaban J connectivity index is 2.21. The maximum absolute atomic E-state index is 10.6. The molecule has 3 aromatic rings. The smallest absolute Gasteiger partial charge is 0.161 e. The van der Waals surface area contributed by atoms with Crippen molar-refractivity contribution in [3.05, 3.63) is 40.7 Å². The van der Waals surface area contributed by atoms with E-state index < -0.39 is 0 Å². The van der Waals surface area contributed by atoms with Crippen LogP contribution in [0.25, 0.3) is 20.7 Å². The molecule has 2 nitrogen and oxygen atoms in total. The number of thiophene rings is 1. The number of nitrogens with zero attached hydrogens (tertiary/aromatic N) is 1. The van der Waals surface area contributed by atoms with Crippen LogP contribution >= 0.6 is 22.7 Å². The lowest BCUT2D eigenvalue weighted by atomic mass is 10.2. The predicted octanol–water partition coefficient (Wildman–Crippen LogP) is 3.84. The van der Waals surface area contributed by atoms with Crippen LogP contribution in [0, 0.1) is 0 Å². The van der Waals surface area contributed by atoms with Crippen LogP contribution in [0.5, 0.6) is 0 Å². The molecule has 0 saturated carbocycles. The van der Waals surface area contributed by atoms with Crippen molar-refractivity contribution in [2.45, 2.75) is 0 Å². The number of aromatic nitrogens is 1. The summed E-state index contributed by atoms with van der Waals surface area (Å²) in [5, 5.41) is 4.22. The molecule has 2 heterocycles. The molecule has 0 bridgehead atoms. The molecule has 0 spiro atoms. The summed E-state index contributed by atoms with van der Waals surface area (Å²) in [5.41, 5.74) is 1.12. The van der Waals surface area contributed by atoms with Crippen LogP contribution in [0.2, 0.25) is 0 Å². The Labute approximate surface area is 100 Å². The second-order valence-electron chi connectivity index (χ2n) is 3.33. The fourth-order valence-electron chi connectivity index (χ4n) is 1.61. The minimum absolute atomic E-state index is 0.672. The van der Waals surface area contributed by atoms with Crippen LogP contribution in [-0.4, -0.2) is 11.3 Å². The van der Waals surface area contributed by atoms with E-state index in [0.29, 0.717) is 4.88 Å². The molecule has 3 rings (SSSR count). The lowest BCUT2D eigenvalue weighted by molar-refractivity contribution is 0.112. The molecule has 0 amide bonds. The van der Waals surface area contributed by atoms with Crippen LogP contribution in [0.4, 0.5) is 0 Å². The van der Waals surface area contributed by atoms with Crippen LogP contribution in [0.15, 0.2) is 35.8 Å². The van der Waals surface area contributed by atoms with Gasteiger partial charge in [-0.3, -0.25) is 4.79 Å². The first-order valence-electron chi connectivity index (χ1n) is 4.76. The summed E-state index contributed by atoms with van der Waals surface area (Å²) >= 11 is 3.14. The minimum Gasteiger partial charge on any atom is -0.297 e. The van der Waals surface area contributed by atoms with Gasteiger partial charge in [-0.2, -0.15) is 0 Å². The van der Waals surface area contributed by atoms with Crippen LogP contribution in [0.3, 0.4) is 0 Å². The van der Waals surface area contributed by atoms with E-state index >= 15 is 0 Å². The highest BCUT2D eigenvalue weighted by Gasteiger charge is 2.09. The van der Waals surface area contributed by atoms with Crippen molar-refractivity contribution >= 4 is 39.0 Å². The molecule has 1 aromatic carbocycles. The number of thiazole rings is 1. The summed E-state index contributed by atoms with van der Waals surface area (Å²) < 4.78 is 1.25. The molecule has 16 heavy (non-hydrogen) atoms. The van der Waals surface area contributed by atoms with E-state index in [2.05, 4.69) is 22.5 Å². The van der Waals surface area contributed by atoms with Gasteiger partial charge in [-0.25, -0.2) is 4.98 Å². The van der Waals surface area contributed by atoms with Crippen molar-refractivity contribution < 1.29 is 4.79 Å². The summed E-state index contributed by atoms with van der Waals surface area (Å²) in [5.74, 6) is 0. The molecule has 0 aliphatic heterocycles. The van der Waals surface area contributed by atoms with Crippen molar-refractivity contribution in [3.8, 4) is 10.6 Å². The third-order valence-corrected chi connectivity index (χ3v) is 4.27. The lowest BCUT2D eigenvalue weighted by Gasteiger charge is -1.92. The highest BCUT2D eigenvalue weighted by atomic mass is 32.1. The van der Waals surface area contributed by atoms with E-state index in [9.17, 15) is 4.79 Å². The van der Waals surface area contributed by atoms with Gasteiger partial charge in [0.25, 0.3) is 0 Å². The van der Waals surface area contributed by atoms with Gasteiger partial charge in [0.1, 0.15) is 5.01 Å². The van der Waals surface area contributed by atoms with Crippen molar-refractivity contribution in [3.63, 3.8) is 0 Å². The fraction of sp³-hybridized carbons (Fsp3) is 0. The topological polar surface area (TPSA) is 30.0 Å². The lowest BCUT2D eigenvalue weighted by Crippen LogP contribution is -1.70. The van der Waals surface area contributed by atoms with Crippen LogP contribution in [0.1, 0.15) is 9.67 Å². The van der Waals surface area contributed by atoms with E-state index in [1.807, 2.05) is 12.1 Å². The highest BCUT2D eigenvalue weighted by molar-refractivity contribution is 7.19. The Kier molecular flexibility index (Phi) is 2.31. The fourth-order valence-corrected chi connectivity index (χ4v) is 3.39. The van der Waals surface area contributed by atoms with E-state index in [4.69, 9.17) is 0 Å². The third kappa shape index (κ3) is 1.47. The standard InChI is InChI=1S/C12H7NOS2/c14-6-8-5-13-12(16-8)10-7-15-11-4-2-1-3-9(10)11/h1-7H. The predicted molar refractivity (Wildman–Crippen MR) is 68.3 cm³/mol. The Hall–Kier alpha value is -1.52. The first-order chi connectivity index (χ1) is 7.88. The molecule has 78 valence electrons. The van der Waals surface area contributed by atoms with Crippen LogP contribution in [-0.2, 0) is 0 Å². The molecule has 0 fully saturated rings. The number of aldehydes is 1. The zero-order chi connectivity index (χ0) is 11.0. The highest BCUT2D eigenvalue weighted by Crippen LogP contribution is 2.35. The van der Waals surface area contributed by atoms with Gasteiger partial charge in [0.2, 0.25) is 0 Å². The van der Waals surface area contributed by atoms with Gasteiger partial charge in [0, 0.05) is 27.2 Å². The SMILES string of the molecule is O=Cc1cnc(-c2csc3ccccc23)s1. The van der Waals surface area contributed by atoms with Crippen LogP contribution < -0.4 is 0 Å². The molecule has 2 aromatic heterocycles. The first-order valence-corrected chi connectivity index (χ1v) is 6.46. The first kappa shape index (κ1) is 9.69. The molecule has 0 N–H and O–H groups in total. The van der Waals surface area contributed by atoms with Gasteiger partial charge in [-0.15, -0.1) is 22.7 Å². The summed E-state index contributed by atoms with van der Waals surface area (Å²) in [4.78, 5) is 15.6. The molecular weight excluding hydrogens is 238 g/mol. The van der Waals surface area contributed by atoms with E-state index in [1.54, 1.807) is 17.5 Å². The number of benzene rings is 1. The molecule has 0 atom stereocenters. The second-order valence-corrected chi connectivity index (χ2v) is 5.30. The van der Waals surface area contributed by atoms with E-state index in [-0.39, 0.29) is 0 Å². The number of carbonyl (C=O) groups is 1. The largest absolute Gasteiger partial charge is 0.297 e. The number of hydrogen-bond donors (Lipinski definition) is 0. The number of carbonyl (C=O) groups excluding carboxylic acids is 1. The van der Waals surface area contributed by atoms with Gasteiger partial charge in [-0.1, -0.05) is 18.2 Å². The Morgan fingerprint density at radius 3 is 2.94 bits per heavy atom. The summed E-state index contributed by atoms with van der Waals surface area (Å²) in [7, 11) is 0. The van der Waals surface area contributed by atoms with Crippen molar-refractivity contribution in [2.24, 2.45) is 0 Å². The normalized spacial score (nSPS) is 10.8. The minimum atomic E-state index is 0.672. The average molecular weight is 245 g/mol. The quantitative estimate of drug-likeness (QED) is 0.642. The Morgan fingerprint density at radius 1 is 1.25 bits per heavy atom. The van der Waals surface area contributed by atoms with Gasteiger partial charge in [-0.05, 0) is 6.07 Å². The Bertz CT molecular complexity index is 654. The summed E-state index contributed by atoms with van der Waals surface area (Å²) in [6.45, 7) is 0. The van der Waals surface area contributed by atoms with E-state index in [1.165, 1.54) is 21.4 Å². The molecule has 0 aliphatic rings. The summed E-state index contributed by atoms with van der Waals surface area (Å²) in [6.07, 6.45) is 2.47. The van der Waals surface area contributed by atoms with Crippen molar-refractivity contribution in [2.75, 3.05) is 0 Å². The van der Waals surface area contributed by atoms with Crippen molar-refractivity contribution in [1.29, 1.82) is 0 Å². The number of hydrogen-bond acceptors (Lipinski definition) is 4. The molecule has 0 unspecified atom stereocenters. The van der Waals surface area contributed by atoms with Gasteiger partial charge in [0.05, 0.1) is 4.88 Å². The number of fused-ring (bicyclic) bond motifs is 1. The van der Waals surface area contributed by atoms with Gasteiger partial charge < -0.3 is 0 Å². The van der Waals surface area contributed by atoms with Crippen molar-refractivity contribution in [1.82, 2.24) is 4.98 Å². The molecule has 0 radical (unpaired) electrons. The molecule has 0 aliphatic carbocycles. The average Bonchev–Trinajstić information content (AvgIpc) is 2.94. The maximum atomic E-state index is 10.6. The molecular formula is C12H7NOS2. The zero-order valence-corrected chi connectivity index (χ0v) is 9.85. The molecule has 4 heteroatoms. The number of rotatable bonds is 2.